The Bertz CT molecular complexity index is 389. The average Bonchev–Trinajstić information content (AvgIpc) is 2.42. The van der Waals surface area contributed by atoms with E-state index in [0.717, 1.165) is 50.3 Å². The summed E-state index contributed by atoms with van der Waals surface area (Å²) >= 11 is 2.38. The van der Waals surface area contributed by atoms with E-state index >= 15 is 0 Å². The van der Waals surface area contributed by atoms with Crippen LogP contribution < -0.4 is 5.32 Å². The summed E-state index contributed by atoms with van der Waals surface area (Å²) in [6.07, 6.45) is 5.49. The van der Waals surface area contributed by atoms with E-state index in [9.17, 15) is 0 Å². The summed E-state index contributed by atoms with van der Waals surface area (Å²) in [5.41, 5.74) is 1.21. The molecule has 1 aromatic rings. The highest BCUT2D eigenvalue weighted by Gasteiger charge is 2.16. The lowest BCUT2D eigenvalue weighted by molar-refractivity contribution is 0.596. The zero-order chi connectivity index (χ0) is 14.3. The zero-order valence-corrected chi connectivity index (χ0v) is 14.7. The molecule has 4 heteroatoms. The van der Waals surface area contributed by atoms with Gasteiger partial charge in [-0.05, 0) is 48.3 Å². The van der Waals surface area contributed by atoms with Crippen molar-refractivity contribution in [2.75, 3.05) is 11.9 Å². The van der Waals surface area contributed by atoms with Crippen LogP contribution in [0.2, 0.25) is 0 Å². The molecule has 1 aromatic heterocycles. The number of nitrogens with zero attached hydrogens (tertiary/aromatic N) is 2. The summed E-state index contributed by atoms with van der Waals surface area (Å²) in [5, 5.41) is 3.45. The normalized spacial score (nSPS) is 11.1. The number of aromatic nitrogens is 2. The molecule has 1 N–H and O–H groups in total. The number of rotatable bonds is 8. The maximum absolute atomic E-state index is 4.81. The predicted molar refractivity (Wildman–Crippen MR) is 90.8 cm³/mol. The molecule has 0 saturated carbocycles. The van der Waals surface area contributed by atoms with Crippen molar-refractivity contribution in [3.63, 3.8) is 0 Å². The molecule has 0 radical (unpaired) electrons. The van der Waals surface area contributed by atoms with E-state index < -0.39 is 0 Å². The Morgan fingerprint density at radius 3 is 2.26 bits per heavy atom. The van der Waals surface area contributed by atoms with Gasteiger partial charge in [0.25, 0.3) is 0 Å². The second-order valence-corrected chi connectivity index (χ2v) is 5.96. The molecule has 0 atom stereocenters. The van der Waals surface area contributed by atoms with Gasteiger partial charge in [0.15, 0.2) is 0 Å². The van der Waals surface area contributed by atoms with Crippen LogP contribution in [0, 0.1) is 3.57 Å². The number of aryl methyl sites for hydroxylation is 1. The van der Waals surface area contributed by atoms with Crippen molar-refractivity contribution in [1.82, 2.24) is 9.97 Å². The van der Waals surface area contributed by atoms with Crippen LogP contribution in [0.1, 0.15) is 70.8 Å². The molecule has 3 nitrogen and oxygen atoms in total. The topological polar surface area (TPSA) is 37.8 Å². The standard InChI is InChI=1S/C15H26IN3/c1-5-9-12-13(16)15(17-10-6-2)19-14(18-12)11(7-3)8-4/h11H,5-10H2,1-4H3,(H,17,18,19). The number of nitrogens with one attached hydrogen (secondary N) is 1. The third-order valence-electron chi connectivity index (χ3n) is 3.32. The molecular weight excluding hydrogens is 349 g/mol. The molecule has 108 valence electrons. The minimum Gasteiger partial charge on any atom is -0.369 e. The molecule has 0 aliphatic rings. The molecule has 0 unspecified atom stereocenters. The van der Waals surface area contributed by atoms with Gasteiger partial charge in [-0.25, -0.2) is 9.97 Å². The highest BCUT2D eigenvalue weighted by Crippen LogP contribution is 2.26. The van der Waals surface area contributed by atoms with E-state index in [1.54, 1.807) is 0 Å². The fourth-order valence-electron chi connectivity index (χ4n) is 2.11. The van der Waals surface area contributed by atoms with Crippen molar-refractivity contribution in [2.24, 2.45) is 0 Å². The van der Waals surface area contributed by atoms with Crippen LogP contribution >= 0.6 is 22.6 Å². The summed E-state index contributed by atoms with van der Waals surface area (Å²) in [6.45, 7) is 9.78. The molecular formula is C15H26IN3. The van der Waals surface area contributed by atoms with Gasteiger partial charge in [0.05, 0.1) is 9.26 Å². The summed E-state index contributed by atoms with van der Waals surface area (Å²) in [4.78, 5) is 9.58. The van der Waals surface area contributed by atoms with E-state index in [4.69, 9.17) is 9.97 Å². The minimum atomic E-state index is 0.481. The molecule has 0 spiro atoms. The Labute approximate surface area is 131 Å². The van der Waals surface area contributed by atoms with Crippen molar-refractivity contribution >= 4 is 28.4 Å². The molecule has 19 heavy (non-hydrogen) atoms. The average molecular weight is 375 g/mol. The quantitative estimate of drug-likeness (QED) is 0.666. The molecule has 0 bridgehead atoms. The van der Waals surface area contributed by atoms with Gasteiger partial charge in [-0.15, -0.1) is 0 Å². The Hall–Kier alpha value is -0.390. The first-order chi connectivity index (χ1) is 9.17. The van der Waals surface area contributed by atoms with Crippen LogP contribution in [0.3, 0.4) is 0 Å². The Balaban J connectivity index is 3.13. The fourth-order valence-corrected chi connectivity index (χ4v) is 2.81. The fraction of sp³-hybridized carbons (Fsp3) is 0.733. The first-order valence-electron chi connectivity index (χ1n) is 7.47. The van der Waals surface area contributed by atoms with Gasteiger partial charge in [0.2, 0.25) is 0 Å². The van der Waals surface area contributed by atoms with Crippen LogP contribution in [0.4, 0.5) is 5.82 Å². The van der Waals surface area contributed by atoms with Crippen LogP contribution in [0.15, 0.2) is 0 Å². The molecule has 0 fully saturated rings. The minimum absolute atomic E-state index is 0.481. The van der Waals surface area contributed by atoms with Gasteiger partial charge in [-0.2, -0.15) is 0 Å². The Morgan fingerprint density at radius 1 is 1.05 bits per heavy atom. The van der Waals surface area contributed by atoms with Crippen LogP contribution in [0.25, 0.3) is 0 Å². The van der Waals surface area contributed by atoms with E-state index in [2.05, 4.69) is 55.6 Å². The number of hydrogen-bond donors (Lipinski definition) is 1. The van der Waals surface area contributed by atoms with Gasteiger partial charge < -0.3 is 5.32 Å². The lowest BCUT2D eigenvalue weighted by Crippen LogP contribution is -2.13. The highest BCUT2D eigenvalue weighted by atomic mass is 127. The number of halogens is 1. The van der Waals surface area contributed by atoms with Crippen molar-refractivity contribution in [2.45, 2.75) is 65.7 Å². The number of anilines is 1. The van der Waals surface area contributed by atoms with Crippen LogP contribution in [-0.4, -0.2) is 16.5 Å². The lowest BCUT2D eigenvalue weighted by Gasteiger charge is -2.16. The Kier molecular flexibility index (Phi) is 7.64. The predicted octanol–water partition coefficient (Wildman–Crippen LogP) is 4.76. The Morgan fingerprint density at radius 2 is 1.74 bits per heavy atom. The second kappa shape index (κ2) is 8.72. The zero-order valence-electron chi connectivity index (χ0n) is 12.6. The van der Waals surface area contributed by atoms with E-state index in [1.807, 2.05) is 0 Å². The van der Waals surface area contributed by atoms with E-state index in [0.29, 0.717) is 5.92 Å². The van der Waals surface area contributed by atoms with Gasteiger partial charge in [-0.3, -0.25) is 0 Å². The third kappa shape index (κ3) is 4.58. The number of hydrogen-bond acceptors (Lipinski definition) is 3. The SMILES string of the molecule is CCCNc1nc(C(CC)CC)nc(CCC)c1I. The summed E-state index contributed by atoms with van der Waals surface area (Å²) in [5.74, 6) is 2.53. The lowest BCUT2D eigenvalue weighted by atomic mass is 10.0. The largest absolute Gasteiger partial charge is 0.369 e. The van der Waals surface area contributed by atoms with Gasteiger partial charge >= 0.3 is 0 Å². The molecule has 1 rings (SSSR count). The summed E-state index contributed by atoms with van der Waals surface area (Å²) < 4.78 is 1.20. The highest BCUT2D eigenvalue weighted by molar-refractivity contribution is 14.1. The van der Waals surface area contributed by atoms with E-state index in [-0.39, 0.29) is 0 Å². The smallest absolute Gasteiger partial charge is 0.143 e. The van der Waals surface area contributed by atoms with Crippen LogP contribution in [0.5, 0.6) is 0 Å². The molecule has 0 aliphatic heterocycles. The summed E-state index contributed by atoms with van der Waals surface area (Å²) in [6, 6.07) is 0. The first kappa shape index (κ1) is 16.7. The van der Waals surface area contributed by atoms with Crippen molar-refractivity contribution in [3.8, 4) is 0 Å². The first-order valence-corrected chi connectivity index (χ1v) is 8.55. The third-order valence-corrected chi connectivity index (χ3v) is 4.45. The van der Waals surface area contributed by atoms with Gasteiger partial charge in [0.1, 0.15) is 11.6 Å². The maximum atomic E-state index is 4.81. The second-order valence-electron chi connectivity index (χ2n) is 4.88. The molecule has 0 aliphatic carbocycles. The van der Waals surface area contributed by atoms with Crippen LogP contribution in [-0.2, 0) is 6.42 Å². The van der Waals surface area contributed by atoms with E-state index in [1.165, 1.54) is 9.26 Å². The van der Waals surface area contributed by atoms with Crippen molar-refractivity contribution < 1.29 is 0 Å². The molecule has 0 amide bonds. The molecule has 0 saturated heterocycles. The van der Waals surface area contributed by atoms with Gasteiger partial charge in [0, 0.05) is 12.5 Å². The van der Waals surface area contributed by atoms with Crippen molar-refractivity contribution in [3.05, 3.63) is 15.1 Å². The molecule has 1 heterocycles. The molecule has 0 aromatic carbocycles. The monoisotopic (exact) mass is 375 g/mol. The van der Waals surface area contributed by atoms with Gasteiger partial charge in [-0.1, -0.05) is 34.1 Å². The summed E-state index contributed by atoms with van der Waals surface area (Å²) in [7, 11) is 0. The maximum Gasteiger partial charge on any atom is 0.143 e. The van der Waals surface area contributed by atoms with Crippen molar-refractivity contribution in [1.29, 1.82) is 0 Å².